The van der Waals surface area contributed by atoms with Gasteiger partial charge in [0.25, 0.3) is 0 Å². The van der Waals surface area contributed by atoms with Crippen LogP contribution in [0, 0.1) is 11.3 Å². The molecule has 0 saturated heterocycles. The molecule has 0 aliphatic carbocycles. The summed E-state index contributed by atoms with van der Waals surface area (Å²) < 4.78 is 30.0. The summed E-state index contributed by atoms with van der Waals surface area (Å²) in [4.78, 5) is 4.07. The summed E-state index contributed by atoms with van der Waals surface area (Å²) in [6, 6.07) is 11.7. The molecule has 2 rings (SSSR count). The first-order chi connectivity index (χ1) is 10.1. The van der Waals surface area contributed by atoms with E-state index in [-0.39, 0.29) is 11.3 Å². The molecule has 2 aromatic rings. The van der Waals surface area contributed by atoms with E-state index in [1.807, 2.05) is 6.07 Å². The lowest BCUT2D eigenvalue weighted by molar-refractivity contribution is -0.0499. The number of allylic oxidation sites excluding steroid dienone is 1. The Labute approximate surface area is 128 Å². The first kappa shape index (κ1) is 15.1. The molecule has 1 aromatic carbocycles. The smallest absolute Gasteiger partial charge is 0.387 e. The highest BCUT2D eigenvalue weighted by Gasteiger charge is 2.10. The van der Waals surface area contributed by atoms with E-state index in [4.69, 9.17) is 0 Å². The van der Waals surface area contributed by atoms with E-state index in [0.29, 0.717) is 15.7 Å². The predicted molar refractivity (Wildman–Crippen MR) is 78.5 cm³/mol. The third kappa shape index (κ3) is 4.10. The van der Waals surface area contributed by atoms with Crippen LogP contribution in [0.5, 0.6) is 5.75 Å². The van der Waals surface area contributed by atoms with Gasteiger partial charge in [-0.25, -0.2) is 0 Å². The molecule has 0 fully saturated rings. The number of hydrogen-bond acceptors (Lipinski definition) is 3. The number of alkyl halides is 2. The Morgan fingerprint density at radius 2 is 2.14 bits per heavy atom. The zero-order valence-corrected chi connectivity index (χ0v) is 12.2. The van der Waals surface area contributed by atoms with E-state index in [1.165, 1.54) is 12.1 Å². The Kier molecular flexibility index (Phi) is 5.01. The lowest BCUT2D eigenvalue weighted by Crippen LogP contribution is -2.03. The molecule has 0 aliphatic heterocycles. The van der Waals surface area contributed by atoms with Crippen LogP contribution in [-0.4, -0.2) is 11.6 Å². The summed E-state index contributed by atoms with van der Waals surface area (Å²) >= 11 is 3.26. The SMILES string of the molecule is N#C/C(=C\c1cc(Br)ccc1OC(F)F)c1ccccn1. The van der Waals surface area contributed by atoms with Gasteiger partial charge in [-0.1, -0.05) is 22.0 Å². The number of aromatic nitrogens is 1. The molecular formula is C15H9BrF2N2O. The molecule has 1 aromatic heterocycles. The summed E-state index contributed by atoms with van der Waals surface area (Å²) in [7, 11) is 0. The van der Waals surface area contributed by atoms with Crippen molar-refractivity contribution < 1.29 is 13.5 Å². The molecule has 0 bridgehead atoms. The zero-order valence-electron chi connectivity index (χ0n) is 10.6. The number of hydrogen-bond donors (Lipinski definition) is 0. The van der Waals surface area contributed by atoms with E-state index in [1.54, 1.807) is 36.5 Å². The molecule has 0 unspecified atom stereocenters. The second-order valence-electron chi connectivity index (χ2n) is 3.95. The lowest BCUT2D eigenvalue weighted by atomic mass is 10.1. The summed E-state index contributed by atoms with van der Waals surface area (Å²) in [6.07, 6.45) is 3.02. The van der Waals surface area contributed by atoms with Gasteiger partial charge in [0, 0.05) is 16.2 Å². The van der Waals surface area contributed by atoms with Crippen LogP contribution >= 0.6 is 15.9 Å². The average Bonchev–Trinajstić information content (AvgIpc) is 2.48. The molecule has 3 nitrogen and oxygen atoms in total. The topological polar surface area (TPSA) is 45.9 Å². The number of halogens is 3. The van der Waals surface area contributed by atoms with Gasteiger partial charge in [-0.2, -0.15) is 14.0 Å². The molecule has 106 valence electrons. The van der Waals surface area contributed by atoms with Crippen molar-refractivity contribution >= 4 is 27.6 Å². The molecule has 0 aliphatic rings. The van der Waals surface area contributed by atoms with Crippen LogP contribution in [-0.2, 0) is 0 Å². The van der Waals surface area contributed by atoms with E-state index >= 15 is 0 Å². The fraction of sp³-hybridized carbons (Fsp3) is 0.0667. The molecule has 0 spiro atoms. The van der Waals surface area contributed by atoms with Gasteiger partial charge in [0.05, 0.1) is 11.3 Å². The van der Waals surface area contributed by atoms with Crippen molar-refractivity contribution in [2.24, 2.45) is 0 Å². The second-order valence-corrected chi connectivity index (χ2v) is 4.86. The first-order valence-electron chi connectivity index (χ1n) is 5.87. The number of nitrogens with zero attached hydrogens (tertiary/aromatic N) is 2. The van der Waals surface area contributed by atoms with E-state index in [2.05, 4.69) is 25.7 Å². The summed E-state index contributed by atoms with van der Waals surface area (Å²) in [5, 5.41) is 9.22. The van der Waals surface area contributed by atoms with E-state index < -0.39 is 6.61 Å². The van der Waals surface area contributed by atoms with Crippen LogP contribution in [0.2, 0.25) is 0 Å². The zero-order chi connectivity index (χ0) is 15.2. The second kappa shape index (κ2) is 6.95. The van der Waals surface area contributed by atoms with Crippen LogP contribution in [0.15, 0.2) is 47.1 Å². The van der Waals surface area contributed by atoms with Gasteiger partial charge in [-0.3, -0.25) is 4.98 Å². The van der Waals surface area contributed by atoms with Crippen molar-refractivity contribution in [1.82, 2.24) is 4.98 Å². The van der Waals surface area contributed by atoms with E-state index in [9.17, 15) is 14.0 Å². The maximum Gasteiger partial charge on any atom is 0.387 e. The number of rotatable bonds is 4. The molecule has 0 atom stereocenters. The van der Waals surface area contributed by atoms with Gasteiger partial charge in [0.1, 0.15) is 11.8 Å². The van der Waals surface area contributed by atoms with Crippen LogP contribution in [0.4, 0.5) is 8.78 Å². The molecule has 0 N–H and O–H groups in total. The highest BCUT2D eigenvalue weighted by Crippen LogP contribution is 2.28. The Morgan fingerprint density at radius 1 is 1.33 bits per heavy atom. The quantitative estimate of drug-likeness (QED) is 0.762. The minimum absolute atomic E-state index is 0.00289. The molecule has 1 heterocycles. The maximum absolute atomic E-state index is 12.4. The number of ether oxygens (including phenoxy) is 1. The lowest BCUT2D eigenvalue weighted by Gasteiger charge is -2.09. The first-order valence-corrected chi connectivity index (χ1v) is 6.67. The maximum atomic E-state index is 12.4. The summed E-state index contributed by atoms with van der Waals surface area (Å²) in [5.74, 6) is -0.00289. The van der Waals surface area contributed by atoms with Crippen LogP contribution < -0.4 is 4.74 Å². The van der Waals surface area contributed by atoms with Gasteiger partial charge in [-0.15, -0.1) is 0 Å². The molecule has 0 amide bonds. The predicted octanol–water partition coefficient (Wildman–Crippen LogP) is 4.51. The third-order valence-corrected chi connectivity index (χ3v) is 3.04. The minimum atomic E-state index is -2.93. The largest absolute Gasteiger partial charge is 0.434 e. The van der Waals surface area contributed by atoms with Crippen molar-refractivity contribution in [2.75, 3.05) is 0 Å². The molecule has 21 heavy (non-hydrogen) atoms. The van der Waals surface area contributed by atoms with Gasteiger partial charge in [0.2, 0.25) is 0 Å². The fourth-order valence-electron chi connectivity index (χ4n) is 1.68. The molecule has 0 saturated carbocycles. The van der Waals surface area contributed by atoms with Crippen molar-refractivity contribution in [3.63, 3.8) is 0 Å². The Morgan fingerprint density at radius 3 is 2.76 bits per heavy atom. The highest BCUT2D eigenvalue weighted by molar-refractivity contribution is 9.10. The highest BCUT2D eigenvalue weighted by atomic mass is 79.9. The normalized spacial score (nSPS) is 11.3. The monoisotopic (exact) mass is 350 g/mol. The average molecular weight is 351 g/mol. The number of benzene rings is 1. The number of nitriles is 1. The minimum Gasteiger partial charge on any atom is -0.434 e. The Balaban J connectivity index is 2.47. The Bertz CT molecular complexity index is 697. The van der Waals surface area contributed by atoms with Crippen molar-refractivity contribution in [2.45, 2.75) is 6.61 Å². The molecule has 0 radical (unpaired) electrons. The Hall–Kier alpha value is -2.26. The van der Waals surface area contributed by atoms with Crippen molar-refractivity contribution in [1.29, 1.82) is 5.26 Å². The van der Waals surface area contributed by atoms with Crippen LogP contribution in [0.3, 0.4) is 0 Å². The fourth-order valence-corrected chi connectivity index (χ4v) is 2.06. The summed E-state index contributed by atoms with van der Waals surface area (Å²) in [5.41, 5.74) is 1.09. The van der Waals surface area contributed by atoms with Crippen LogP contribution in [0.25, 0.3) is 11.6 Å². The molecule has 6 heteroatoms. The van der Waals surface area contributed by atoms with Gasteiger partial charge < -0.3 is 4.74 Å². The van der Waals surface area contributed by atoms with Gasteiger partial charge >= 0.3 is 6.61 Å². The number of pyridine rings is 1. The van der Waals surface area contributed by atoms with Crippen molar-refractivity contribution in [3.05, 3.63) is 58.3 Å². The summed E-state index contributed by atoms with van der Waals surface area (Å²) in [6.45, 7) is -2.93. The third-order valence-electron chi connectivity index (χ3n) is 2.55. The van der Waals surface area contributed by atoms with Crippen molar-refractivity contribution in [3.8, 4) is 11.8 Å². The van der Waals surface area contributed by atoms with Crippen LogP contribution in [0.1, 0.15) is 11.3 Å². The standard InChI is InChI=1S/C15H9BrF2N2O/c16-12-4-5-14(21-15(17)18)10(8-12)7-11(9-19)13-3-1-2-6-20-13/h1-8,15H/b11-7+. The molecular weight excluding hydrogens is 342 g/mol. The van der Waals surface area contributed by atoms with Gasteiger partial charge in [0.15, 0.2) is 0 Å². The van der Waals surface area contributed by atoms with E-state index in [0.717, 1.165) is 0 Å². The van der Waals surface area contributed by atoms with Gasteiger partial charge in [-0.05, 0) is 36.4 Å².